The number of para-hydroxylation sites is 1. The Balaban J connectivity index is 2.27. The summed E-state index contributed by atoms with van der Waals surface area (Å²) < 4.78 is 54.8. The van der Waals surface area contributed by atoms with Crippen molar-refractivity contribution < 1.29 is 31.5 Å². The lowest BCUT2D eigenvalue weighted by molar-refractivity contribution is -0.114. The van der Waals surface area contributed by atoms with Gasteiger partial charge in [0, 0.05) is 24.7 Å². The van der Waals surface area contributed by atoms with Crippen LogP contribution in [0.15, 0.2) is 42.5 Å². The average molecular weight is 427 g/mol. The Kier molecular flexibility index (Phi) is 7.10. The van der Waals surface area contributed by atoms with Crippen molar-refractivity contribution in [1.29, 1.82) is 0 Å². The molecule has 0 atom stereocenters. The molecule has 11 heteroatoms. The molecule has 0 saturated carbocycles. The van der Waals surface area contributed by atoms with Crippen molar-refractivity contribution in [2.75, 3.05) is 16.3 Å². The standard InChI is InChI=1S/C18H19F2N3O5S/c1-11(24)22-13-7-8-15(23-29(2,26)27)14(9-13)17(25)21-10-12-5-3-4-6-16(12)28-18(19)20/h3-9,18,23H,10H2,1-2H3,(H,21,25)(H,22,24). The summed E-state index contributed by atoms with van der Waals surface area (Å²) in [6.07, 6.45) is 0.925. The molecule has 3 N–H and O–H groups in total. The first-order valence-electron chi connectivity index (χ1n) is 8.25. The van der Waals surface area contributed by atoms with Gasteiger partial charge in [-0.05, 0) is 24.3 Å². The fourth-order valence-electron chi connectivity index (χ4n) is 2.43. The van der Waals surface area contributed by atoms with Crippen LogP contribution in [0.2, 0.25) is 0 Å². The van der Waals surface area contributed by atoms with Crippen LogP contribution in [0.1, 0.15) is 22.8 Å². The number of sulfonamides is 1. The number of rotatable bonds is 8. The van der Waals surface area contributed by atoms with Gasteiger partial charge in [0.1, 0.15) is 5.75 Å². The van der Waals surface area contributed by atoms with Gasteiger partial charge in [0.2, 0.25) is 15.9 Å². The molecule has 156 valence electrons. The molecule has 8 nitrogen and oxygen atoms in total. The molecule has 0 spiro atoms. The van der Waals surface area contributed by atoms with Crippen LogP contribution in [0.25, 0.3) is 0 Å². The molecule has 0 aliphatic carbocycles. The average Bonchev–Trinajstić information content (AvgIpc) is 2.60. The maximum atomic E-state index is 12.6. The zero-order chi connectivity index (χ0) is 21.6. The van der Waals surface area contributed by atoms with E-state index in [4.69, 9.17) is 0 Å². The van der Waals surface area contributed by atoms with E-state index in [0.717, 1.165) is 6.26 Å². The summed E-state index contributed by atoms with van der Waals surface area (Å²) in [5.41, 5.74) is 0.519. The first-order valence-corrected chi connectivity index (χ1v) is 10.1. The number of carbonyl (C=O) groups is 2. The third kappa shape index (κ3) is 7.03. The largest absolute Gasteiger partial charge is 0.434 e. The summed E-state index contributed by atoms with van der Waals surface area (Å²) in [6, 6.07) is 9.99. The summed E-state index contributed by atoms with van der Waals surface area (Å²) in [7, 11) is -3.68. The minimum atomic E-state index is -3.68. The second kappa shape index (κ2) is 9.32. The highest BCUT2D eigenvalue weighted by molar-refractivity contribution is 7.92. The van der Waals surface area contributed by atoms with E-state index in [1.165, 1.54) is 43.3 Å². The summed E-state index contributed by atoms with van der Waals surface area (Å²) >= 11 is 0. The van der Waals surface area contributed by atoms with Gasteiger partial charge in [-0.2, -0.15) is 8.78 Å². The fraction of sp³-hybridized carbons (Fsp3) is 0.222. The van der Waals surface area contributed by atoms with E-state index in [1.807, 2.05) is 0 Å². The van der Waals surface area contributed by atoms with Crippen molar-refractivity contribution in [2.45, 2.75) is 20.1 Å². The van der Waals surface area contributed by atoms with E-state index in [2.05, 4.69) is 20.1 Å². The number of nitrogens with one attached hydrogen (secondary N) is 3. The van der Waals surface area contributed by atoms with Crippen molar-refractivity contribution in [2.24, 2.45) is 0 Å². The van der Waals surface area contributed by atoms with E-state index in [1.54, 1.807) is 6.07 Å². The second-order valence-electron chi connectivity index (χ2n) is 5.98. The SMILES string of the molecule is CC(=O)Nc1ccc(NS(C)(=O)=O)c(C(=O)NCc2ccccc2OC(F)F)c1. The van der Waals surface area contributed by atoms with Crippen LogP contribution in [0.4, 0.5) is 20.2 Å². The number of hydrogen-bond donors (Lipinski definition) is 3. The van der Waals surface area contributed by atoms with E-state index in [-0.39, 0.29) is 35.1 Å². The Morgan fingerprint density at radius 2 is 1.83 bits per heavy atom. The molecular formula is C18H19F2N3O5S. The van der Waals surface area contributed by atoms with Crippen molar-refractivity contribution in [3.63, 3.8) is 0 Å². The van der Waals surface area contributed by atoms with Crippen molar-refractivity contribution in [3.05, 3.63) is 53.6 Å². The second-order valence-corrected chi connectivity index (χ2v) is 7.73. The predicted octanol–water partition coefficient (Wildman–Crippen LogP) is 2.55. The number of hydrogen-bond acceptors (Lipinski definition) is 5. The topological polar surface area (TPSA) is 114 Å². The maximum Gasteiger partial charge on any atom is 0.387 e. The summed E-state index contributed by atoms with van der Waals surface area (Å²) in [4.78, 5) is 23.9. The molecule has 0 unspecified atom stereocenters. The van der Waals surface area contributed by atoms with Gasteiger partial charge in [-0.3, -0.25) is 14.3 Å². The maximum absolute atomic E-state index is 12.6. The molecule has 2 rings (SSSR count). The predicted molar refractivity (Wildman–Crippen MR) is 103 cm³/mol. The van der Waals surface area contributed by atoms with Crippen LogP contribution in [0.3, 0.4) is 0 Å². The minimum Gasteiger partial charge on any atom is -0.434 e. The highest BCUT2D eigenvalue weighted by Gasteiger charge is 2.17. The Hall–Kier alpha value is -3.21. The van der Waals surface area contributed by atoms with Gasteiger partial charge in [0.25, 0.3) is 5.91 Å². The number of anilines is 2. The fourth-order valence-corrected chi connectivity index (χ4v) is 3.01. The zero-order valence-electron chi connectivity index (χ0n) is 15.5. The molecule has 29 heavy (non-hydrogen) atoms. The monoisotopic (exact) mass is 427 g/mol. The molecule has 0 aromatic heterocycles. The summed E-state index contributed by atoms with van der Waals surface area (Å²) in [6.45, 7) is -1.89. The van der Waals surface area contributed by atoms with Crippen LogP contribution in [0.5, 0.6) is 5.75 Å². The molecule has 0 aliphatic rings. The normalized spacial score (nSPS) is 11.1. The van der Waals surface area contributed by atoms with Crippen LogP contribution in [-0.4, -0.2) is 33.1 Å². The van der Waals surface area contributed by atoms with E-state index >= 15 is 0 Å². The van der Waals surface area contributed by atoms with Crippen molar-refractivity contribution in [3.8, 4) is 5.75 Å². The molecule has 0 aliphatic heterocycles. The number of benzene rings is 2. The lowest BCUT2D eigenvalue weighted by atomic mass is 10.1. The molecular weight excluding hydrogens is 408 g/mol. The van der Waals surface area contributed by atoms with Crippen LogP contribution >= 0.6 is 0 Å². The van der Waals surface area contributed by atoms with Gasteiger partial charge >= 0.3 is 6.61 Å². The number of halogens is 2. The third-order valence-corrected chi connectivity index (χ3v) is 4.10. The Bertz CT molecular complexity index is 1010. The summed E-state index contributed by atoms with van der Waals surface area (Å²) in [5.74, 6) is -1.15. The molecule has 0 fully saturated rings. The Morgan fingerprint density at radius 3 is 2.45 bits per heavy atom. The minimum absolute atomic E-state index is 0.00350. The van der Waals surface area contributed by atoms with E-state index in [9.17, 15) is 26.8 Å². The van der Waals surface area contributed by atoms with E-state index in [0.29, 0.717) is 5.56 Å². The zero-order valence-corrected chi connectivity index (χ0v) is 16.3. The lowest BCUT2D eigenvalue weighted by Gasteiger charge is -2.14. The van der Waals surface area contributed by atoms with Crippen LogP contribution in [0, 0.1) is 0 Å². The molecule has 0 saturated heterocycles. The molecule has 0 bridgehead atoms. The van der Waals surface area contributed by atoms with Crippen LogP contribution in [-0.2, 0) is 21.4 Å². The van der Waals surface area contributed by atoms with Gasteiger partial charge in [0.15, 0.2) is 0 Å². The smallest absolute Gasteiger partial charge is 0.387 e. The Morgan fingerprint density at radius 1 is 1.14 bits per heavy atom. The molecule has 2 amide bonds. The quantitative estimate of drug-likeness (QED) is 0.599. The van der Waals surface area contributed by atoms with Gasteiger partial charge in [0.05, 0.1) is 17.5 Å². The lowest BCUT2D eigenvalue weighted by Crippen LogP contribution is -2.25. The number of ether oxygens (including phenoxy) is 1. The Labute approximate surface area is 166 Å². The van der Waals surface area contributed by atoms with Crippen molar-refractivity contribution in [1.82, 2.24) is 5.32 Å². The highest BCUT2D eigenvalue weighted by atomic mass is 32.2. The highest BCUT2D eigenvalue weighted by Crippen LogP contribution is 2.23. The molecule has 0 heterocycles. The molecule has 0 radical (unpaired) electrons. The number of carbonyl (C=O) groups excluding carboxylic acids is 2. The van der Waals surface area contributed by atoms with Crippen molar-refractivity contribution >= 4 is 33.2 Å². The van der Waals surface area contributed by atoms with E-state index < -0.39 is 22.5 Å². The first-order chi connectivity index (χ1) is 13.5. The molecule has 2 aromatic carbocycles. The third-order valence-electron chi connectivity index (χ3n) is 3.51. The van der Waals surface area contributed by atoms with Gasteiger partial charge < -0.3 is 15.4 Å². The van der Waals surface area contributed by atoms with Gasteiger partial charge in [-0.15, -0.1) is 0 Å². The summed E-state index contributed by atoms with van der Waals surface area (Å²) in [5, 5.41) is 5.02. The number of alkyl halides is 2. The first kappa shape index (κ1) is 22.1. The van der Waals surface area contributed by atoms with Crippen LogP contribution < -0.4 is 20.1 Å². The van der Waals surface area contributed by atoms with Gasteiger partial charge in [-0.25, -0.2) is 8.42 Å². The van der Waals surface area contributed by atoms with Gasteiger partial charge in [-0.1, -0.05) is 18.2 Å². The molecule has 2 aromatic rings. The number of amides is 2.